The minimum Gasteiger partial charge on any atom is -0.356 e. The third-order valence-corrected chi connectivity index (χ3v) is 3.64. The van der Waals surface area contributed by atoms with Crippen LogP contribution in [-0.4, -0.2) is 23.9 Å². The average molecular weight is 202 g/mol. The first-order valence-corrected chi connectivity index (χ1v) is 5.44. The Kier molecular flexibility index (Phi) is 1.81. The van der Waals surface area contributed by atoms with Gasteiger partial charge < -0.3 is 4.90 Å². The molecule has 0 aromatic carbocycles. The summed E-state index contributed by atoms with van der Waals surface area (Å²) in [4.78, 5) is 17.8. The second-order valence-electron chi connectivity index (χ2n) is 4.56. The second-order valence-corrected chi connectivity index (χ2v) is 4.56. The summed E-state index contributed by atoms with van der Waals surface area (Å²) in [6.07, 6.45) is 1.82. The molecule has 3 nitrogen and oxygen atoms in total. The summed E-state index contributed by atoms with van der Waals surface area (Å²) >= 11 is 0. The van der Waals surface area contributed by atoms with Crippen LogP contribution in [0.2, 0.25) is 0 Å². The minimum atomic E-state index is 0.352. The number of fused-ring (bicyclic) bond motifs is 1. The van der Waals surface area contributed by atoms with Crippen molar-refractivity contribution >= 4 is 11.6 Å². The molecule has 1 aromatic heterocycles. The van der Waals surface area contributed by atoms with Crippen molar-refractivity contribution in [3.63, 3.8) is 0 Å². The van der Waals surface area contributed by atoms with Crippen LogP contribution in [0.1, 0.15) is 6.92 Å². The predicted molar refractivity (Wildman–Crippen MR) is 57.6 cm³/mol. The lowest BCUT2D eigenvalue weighted by Crippen LogP contribution is -2.26. The molecule has 1 saturated carbocycles. The maximum Gasteiger partial charge on any atom is 0.133 e. The summed E-state index contributed by atoms with van der Waals surface area (Å²) in [7, 11) is 0. The number of aromatic nitrogens is 1. The van der Waals surface area contributed by atoms with E-state index in [0.717, 1.165) is 18.9 Å². The normalized spacial score (nSPS) is 32.6. The lowest BCUT2D eigenvalue weighted by Gasteiger charge is -2.19. The number of hydrogen-bond acceptors (Lipinski definition) is 3. The molecule has 2 aliphatic rings. The number of nitrogens with zero attached hydrogens (tertiary/aromatic N) is 2. The zero-order chi connectivity index (χ0) is 10.4. The minimum absolute atomic E-state index is 0.352. The van der Waals surface area contributed by atoms with E-state index in [4.69, 9.17) is 0 Å². The van der Waals surface area contributed by atoms with Crippen LogP contribution in [0, 0.1) is 17.8 Å². The number of anilines is 1. The Bertz CT molecular complexity index is 378. The predicted octanol–water partition coefficient (Wildman–Crippen LogP) is 1.35. The molecule has 0 spiro atoms. The van der Waals surface area contributed by atoms with E-state index in [9.17, 15) is 4.79 Å². The first-order chi connectivity index (χ1) is 7.27. The molecule has 0 amide bonds. The molecule has 0 N–H and O–H groups in total. The summed E-state index contributed by atoms with van der Waals surface area (Å²) in [6, 6.07) is 5.97. The molecule has 3 rings (SSSR count). The first kappa shape index (κ1) is 8.89. The van der Waals surface area contributed by atoms with E-state index in [1.165, 1.54) is 0 Å². The zero-order valence-electron chi connectivity index (χ0n) is 8.76. The highest BCUT2D eigenvalue weighted by Crippen LogP contribution is 2.52. The number of carbonyl (C=O) groups is 1. The molecule has 2 unspecified atom stereocenters. The van der Waals surface area contributed by atoms with E-state index in [2.05, 4.69) is 9.88 Å². The van der Waals surface area contributed by atoms with Crippen LogP contribution in [0.3, 0.4) is 0 Å². The van der Waals surface area contributed by atoms with Crippen LogP contribution in [0.25, 0.3) is 0 Å². The number of hydrogen-bond donors (Lipinski definition) is 0. The van der Waals surface area contributed by atoms with Gasteiger partial charge in [0.1, 0.15) is 11.6 Å². The Labute approximate surface area is 89.1 Å². The molecule has 0 radical (unpaired) electrons. The van der Waals surface area contributed by atoms with Crippen molar-refractivity contribution in [2.24, 2.45) is 17.8 Å². The van der Waals surface area contributed by atoms with E-state index in [-0.39, 0.29) is 0 Å². The summed E-state index contributed by atoms with van der Waals surface area (Å²) in [6.45, 7) is 3.73. The van der Waals surface area contributed by atoms with Crippen LogP contribution in [0.4, 0.5) is 5.82 Å². The maximum atomic E-state index is 11.2. The lowest BCUT2D eigenvalue weighted by atomic mass is 10.2. The van der Waals surface area contributed by atoms with Crippen LogP contribution >= 0.6 is 0 Å². The molecular weight excluding hydrogens is 188 g/mol. The molecule has 1 aromatic rings. The molecular formula is C12H14N2O. The Hall–Kier alpha value is -1.38. The number of carbonyl (C=O) groups excluding carboxylic acids is 1. The zero-order valence-corrected chi connectivity index (χ0v) is 8.76. The highest BCUT2D eigenvalue weighted by atomic mass is 16.1. The Balaban J connectivity index is 1.70. The van der Waals surface area contributed by atoms with Gasteiger partial charge in [0, 0.05) is 25.2 Å². The van der Waals surface area contributed by atoms with Crippen molar-refractivity contribution in [3.8, 4) is 0 Å². The van der Waals surface area contributed by atoms with Gasteiger partial charge >= 0.3 is 0 Å². The molecule has 78 valence electrons. The van der Waals surface area contributed by atoms with Gasteiger partial charge in [-0.15, -0.1) is 0 Å². The van der Waals surface area contributed by atoms with Crippen molar-refractivity contribution < 1.29 is 4.79 Å². The summed E-state index contributed by atoms with van der Waals surface area (Å²) in [5.74, 6) is 2.97. The van der Waals surface area contributed by atoms with Gasteiger partial charge in [0.2, 0.25) is 0 Å². The molecule has 1 saturated heterocycles. The van der Waals surface area contributed by atoms with Gasteiger partial charge in [-0.2, -0.15) is 0 Å². The van der Waals surface area contributed by atoms with E-state index < -0.39 is 0 Å². The van der Waals surface area contributed by atoms with Crippen LogP contribution < -0.4 is 4.90 Å². The van der Waals surface area contributed by atoms with Gasteiger partial charge in [-0.1, -0.05) is 6.07 Å². The van der Waals surface area contributed by atoms with E-state index in [1.54, 1.807) is 6.92 Å². The highest BCUT2D eigenvalue weighted by Gasteiger charge is 2.58. The first-order valence-electron chi connectivity index (χ1n) is 5.44. The average Bonchev–Trinajstić information content (AvgIpc) is 2.77. The molecule has 1 aliphatic heterocycles. The number of Topliss-reactive ketones (excluding diaryl/α,β-unsaturated/α-hetero) is 1. The Morgan fingerprint density at radius 3 is 2.67 bits per heavy atom. The Morgan fingerprint density at radius 2 is 2.13 bits per heavy atom. The molecule has 15 heavy (non-hydrogen) atoms. The lowest BCUT2D eigenvalue weighted by molar-refractivity contribution is -0.118. The fourth-order valence-corrected chi connectivity index (χ4v) is 2.86. The number of rotatable bonds is 2. The van der Waals surface area contributed by atoms with Crippen LogP contribution in [0.5, 0.6) is 0 Å². The van der Waals surface area contributed by atoms with Gasteiger partial charge in [-0.05, 0) is 30.9 Å². The number of piperidine rings is 1. The highest BCUT2D eigenvalue weighted by molar-refractivity contribution is 5.82. The molecule has 2 heterocycles. The third-order valence-electron chi connectivity index (χ3n) is 3.64. The van der Waals surface area contributed by atoms with E-state index in [0.29, 0.717) is 23.5 Å². The van der Waals surface area contributed by atoms with Gasteiger partial charge in [0.25, 0.3) is 0 Å². The summed E-state index contributed by atoms with van der Waals surface area (Å²) in [5, 5.41) is 0. The quantitative estimate of drug-likeness (QED) is 0.726. The number of pyridine rings is 1. The van der Waals surface area contributed by atoms with Crippen LogP contribution in [-0.2, 0) is 4.79 Å². The van der Waals surface area contributed by atoms with E-state index in [1.807, 2.05) is 24.4 Å². The molecule has 2 fully saturated rings. The fourth-order valence-electron chi connectivity index (χ4n) is 2.86. The largest absolute Gasteiger partial charge is 0.356 e. The second kappa shape index (κ2) is 3.05. The SMILES string of the molecule is CC(=O)C1C2CN(c3ccccn3)CC21. The molecule has 2 atom stereocenters. The van der Waals surface area contributed by atoms with Crippen LogP contribution in [0.15, 0.2) is 24.4 Å². The van der Waals surface area contributed by atoms with Gasteiger partial charge in [-0.25, -0.2) is 4.98 Å². The van der Waals surface area contributed by atoms with Crippen molar-refractivity contribution in [2.45, 2.75) is 6.92 Å². The van der Waals surface area contributed by atoms with Gasteiger partial charge in [0.05, 0.1) is 0 Å². The van der Waals surface area contributed by atoms with Crippen molar-refractivity contribution in [1.82, 2.24) is 4.98 Å². The Morgan fingerprint density at radius 1 is 1.40 bits per heavy atom. The van der Waals surface area contributed by atoms with E-state index >= 15 is 0 Å². The molecule has 3 heteroatoms. The van der Waals surface area contributed by atoms with Gasteiger partial charge in [0.15, 0.2) is 0 Å². The number of ketones is 1. The monoisotopic (exact) mass is 202 g/mol. The fraction of sp³-hybridized carbons (Fsp3) is 0.500. The standard InChI is InChI=1S/C12H14N2O/c1-8(15)12-9-6-14(7-10(9)12)11-4-2-3-5-13-11/h2-5,9-10,12H,6-7H2,1H3. The maximum absolute atomic E-state index is 11.2. The van der Waals surface area contributed by atoms with Gasteiger partial charge in [-0.3, -0.25) is 4.79 Å². The molecule has 0 bridgehead atoms. The molecule has 1 aliphatic carbocycles. The van der Waals surface area contributed by atoms with Crippen molar-refractivity contribution in [3.05, 3.63) is 24.4 Å². The third kappa shape index (κ3) is 1.34. The topological polar surface area (TPSA) is 33.2 Å². The summed E-state index contributed by atoms with van der Waals surface area (Å²) in [5.41, 5.74) is 0. The summed E-state index contributed by atoms with van der Waals surface area (Å²) < 4.78 is 0. The van der Waals surface area contributed by atoms with Crippen molar-refractivity contribution in [1.29, 1.82) is 0 Å². The smallest absolute Gasteiger partial charge is 0.133 e. The van der Waals surface area contributed by atoms with Crippen molar-refractivity contribution in [2.75, 3.05) is 18.0 Å².